The minimum absolute atomic E-state index is 0. The molecule has 1 atom stereocenters. The van der Waals surface area contributed by atoms with E-state index >= 15 is 0 Å². The summed E-state index contributed by atoms with van der Waals surface area (Å²) in [5.74, 6) is 0. The van der Waals surface area contributed by atoms with Gasteiger partial charge in [-0.25, -0.2) is 0 Å². The van der Waals surface area contributed by atoms with Crippen LogP contribution >= 0.6 is 16.2 Å². The van der Waals surface area contributed by atoms with E-state index in [4.69, 9.17) is 11.8 Å². The molecule has 0 radical (unpaired) electrons. The zero-order valence-electron chi connectivity index (χ0n) is 8.78. The molecule has 1 unspecified atom stereocenters. The normalized spacial score (nSPS) is 9.94. The molecule has 0 saturated carbocycles. The summed E-state index contributed by atoms with van der Waals surface area (Å²) in [4.78, 5) is 10.4. The lowest BCUT2D eigenvalue weighted by Gasteiger charge is -2.15. The Hall–Kier alpha value is -0.303. The fraction of sp³-hybridized carbons (Fsp3) is 0. The Morgan fingerprint density at radius 1 is 0.765 bits per heavy atom. The lowest BCUT2D eigenvalue weighted by atomic mass is 10.4. The number of hydrogen-bond donors (Lipinski definition) is 1. The Morgan fingerprint density at radius 3 is 1.35 bits per heavy atom. The topological polar surface area (TPSA) is 20.2 Å². The van der Waals surface area contributed by atoms with Crippen molar-refractivity contribution < 1.29 is 4.89 Å². The number of benzene rings is 2. The average molecular weight is 300 g/mol. The summed E-state index contributed by atoms with van der Waals surface area (Å²) in [6.07, 6.45) is -2.56. The van der Waals surface area contributed by atoms with Crippen molar-refractivity contribution in [2.45, 2.75) is 0 Å². The molecule has 0 bridgehead atoms. The summed E-state index contributed by atoms with van der Waals surface area (Å²) in [5.41, 5.74) is 0. The number of rotatable bonds is 2. The summed E-state index contributed by atoms with van der Waals surface area (Å²) >= 11 is 5.34. The van der Waals surface area contributed by atoms with Gasteiger partial charge in [0.25, 0.3) is 0 Å². The van der Waals surface area contributed by atoms with Crippen molar-refractivity contribution in [3.63, 3.8) is 0 Å². The molecule has 17 heavy (non-hydrogen) atoms. The Balaban J connectivity index is 0.00000128. The van der Waals surface area contributed by atoms with Gasteiger partial charge in [0.05, 0.1) is 0 Å². The summed E-state index contributed by atoms with van der Waals surface area (Å²) in [5, 5.41) is 1.68. The van der Waals surface area contributed by atoms with Crippen LogP contribution in [0.3, 0.4) is 0 Å². The van der Waals surface area contributed by atoms with E-state index in [1.165, 1.54) is 0 Å². The van der Waals surface area contributed by atoms with Crippen molar-refractivity contribution in [2.75, 3.05) is 0 Å². The Morgan fingerprint density at radius 2 is 1.06 bits per heavy atom. The van der Waals surface area contributed by atoms with E-state index in [0.717, 1.165) is 10.6 Å². The SMILES string of the molecule is OP(=S)(c1ccccc1)c1ccccc1.P.[SiH4]. The molecule has 1 nitrogen and oxygen atoms in total. The molecule has 0 aromatic heterocycles. The van der Waals surface area contributed by atoms with Gasteiger partial charge in [-0.15, -0.1) is 0 Å². The van der Waals surface area contributed by atoms with Crippen LogP contribution in [0, 0.1) is 0 Å². The molecule has 0 amide bonds. The molecule has 92 valence electrons. The van der Waals surface area contributed by atoms with Crippen molar-refractivity contribution in [2.24, 2.45) is 0 Å². The van der Waals surface area contributed by atoms with Crippen molar-refractivity contribution in [1.82, 2.24) is 0 Å². The predicted molar refractivity (Wildman–Crippen MR) is 91.1 cm³/mol. The second-order valence-electron chi connectivity index (χ2n) is 3.25. The highest BCUT2D eigenvalue weighted by Gasteiger charge is 2.17. The summed E-state index contributed by atoms with van der Waals surface area (Å²) in [6, 6.07) is 19.0. The highest BCUT2D eigenvalue weighted by molar-refractivity contribution is 8.19. The van der Waals surface area contributed by atoms with Crippen molar-refractivity contribution in [3.8, 4) is 0 Å². The standard InChI is InChI=1S/C12H11OPS.H3P.H4Si/c13-14(15,11-7-3-1-4-8-11)12-9-5-2-6-10-12;;/h1-10H,(H,13,15);1H3;1H4. The Bertz CT molecular complexity index is 447. The molecule has 0 spiro atoms. The fourth-order valence-corrected chi connectivity index (χ4v) is 3.59. The molecule has 0 aliphatic rings. The van der Waals surface area contributed by atoms with Crippen LogP contribution in [0.15, 0.2) is 60.7 Å². The van der Waals surface area contributed by atoms with Crippen LogP contribution < -0.4 is 10.6 Å². The largest absolute Gasteiger partial charge is 0.358 e. The molecule has 5 heteroatoms. The molecular weight excluding hydrogens is 282 g/mol. The van der Waals surface area contributed by atoms with Gasteiger partial charge in [0.2, 0.25) is 0 Å². The van der Waals surface area contributed by atoms with Gasteiger partial charge in [-0.1, -0.05) is 72.5 Å². The summed E-state index contributed by atoms with van der Waals surface area (Å²) in [6.45, 7) is 0. The smallest absolute Gasteiger partial charge is 0.120 e. The summed E-state index contributed by atoms with van der Waals surface area (Å²) < 4.78 is 0. The van der Waals surface area contributed by atoms with Crippen molar-refractivity contribution in [1.29, 1.82) is 0 Å². The third-order valence-electron chi connectivity index (χ3n) is 2.21. The summed E-state index contributed by atoms with van der Waals surface area (Å²) in [7, 11) is 0. The van der Waals surface area contributed by atoms with Crippen LogP contribution in [-0.2, 0) is 11.8 Å². The monoisotopic (exact) mass is 300 g/mol. The molecule has 2 aromatic carbocycles. The average Bonchev–Trinajstić information content (AvgIpc) is 2.31. The highest BCUT2D eigenvalue weighted by atomic mass is 32.4. The predicted octanol–water partition coefficient (Wildman–Crippen LogP) is 0.631. The van der Waals surface area contributed by atoms with E-state index in [0.29, 0.717) is 0 Å². The Labute approximate surface area is 115 Å². The lowest BCUT2D eigenvalue weighted by molar-refractivity contribution is 0.642. The lowest BCUT2D eigenvalue weighted by Crippen LogP contribution is -2.14. The van der Waals surface area contributed by atoms with Crippen LogP contribution in [0.1, 0.15) is 0 Å². The first-order valence-electron chi connectivity index (χ1n) is 4.65. The maximum Gasteiger partial charge on any atom is 0.120 e. The van der Waals surface area contributed by atoms with Crippen molar-refractivity contribution in [3.05, 3.63) is 60.7 Å². The number of hydrogen-bond acceptors (Lipinski definition) is 1. The Kier molecular flexibility index (Phi) is 7.07. The van der Waals surface area contributed by atoms with Gasteiger partial charge in [-0.2, -0.15) is 9.90 Å². The van der Waals surface area contributed by atoms with E-state index in [9.17, 15) is 4.89 Å². The quantitative estimate of drug-likeness (QED) is 0.648. The van der Waals surface area contributed by atoms with E-state index in [1.54, 1.807) is 0 Å². The zero-order chi connectivity index (χ0) is 10.7. The molecule has 0 saturated heterocycles. The molecule has 0 aliphatic carbocycles. The van der Waals surface area contributed by atoms with E-state index in [1.807, 2.05) is 60.7 Å². The van der Waals surface area contributed by atoms with Crippen LogP contribution in [0.2, 0.25) is 0 Å². The van der Waals surface area contributed by atoms with Gasteiger partial charge < -0.3 is 4.89 Å². The molecular formula is C12H18OP2SSi. The van der Waals surface area contributed by atoms with E-state index in [-0.39, 0.29) is 20.9 Å². The second-order valence-corrected chi connectivity index (χ2v) is 7.02. The first kappa shape index (κ1) is 16.7. The van der Waals surface area contributed by atoms with Gasteiger partial charge in [0.15, 0.2) is 0 Å². The van der Waals surface area contributed by atoms with Gasteiger partial charge in [-0.3, -0.25) is 0 Å². The minimum atomic E-state index is -2.56. The van der Waals surface area contributed by atoms with E-state index < -0.39 is 6.26 Å². The first-order chi connectivity index (χ1) is 7.21. The maximum absolute atomic E-state index is 10.4. The van der Waals surface area contributed by atoms with Gasteiger partial charge in [-0.05, 0) is 11.0 Å². The maximum atomic E-state index is 10.4. The van der Waals surface area contributed by atoms with Gasteiger partial charge in [0, 0.05) is 10.6 Å². The van der Waals surface area contributed by atoms with Crippen LogP contribution in [-0.4, -0.2) is 15.9 Å². The molecule has 1 N–H and O–H groups in total. The first-order valence-corrected chi connectivity index (χ1v) is 7.41. The van der Waals surface area contributed by atoms with Gasteiger partial charge in [0.1, 0.15) is 6.26 Å². The highest BCUT2D eigenvalue weighted by Crippen LogP contribution is 2.37. The third kappa shape index (κ3) is 3.84. The van der Waals surface area contributed by atoms with Crippen LogP contribution in [0.5, 0.6) is 0 Å². The van der Waals surface area contributed by atoms with Crippen molar-refractivity contribution >= 4 is 49.5 Å². The molecule has 0 fully saturated rings. The molecule has 2 aromatic rings. The second kappa shape index (κ2) is 7.20. The van der Waals surface area contributed by atoms with Gasteiger partial charge >= 0.3 is 0 Å². The molecule has 2 rings (SSSR count). The van der Waals surface area contributed by atoms with Crippen LogP contribution in [0.25, 0.3) is 0 Å². The van der Waals surface area contributed by atoms with Crippen LogP contribution in [0.4, 0.5) is 0 Å². The minimum Gasteiger partial charge on any atom is -0.358 e. The molecule has 0 heterocycles. The third-order valence-corrected chi connectivity index (χ3v) is 5.47. The van der Waals surface area contributed by atoms with E-state index in [2.05, 4.69) is 0 Å². The fourth-order valence-electron chi connectivity index (χ4n) is 1.41. The molecule has 0 aliphatic heterocycles. The zero-order valence-corrected chi connectivity index (χ0v) is 11.9.